The maximum Gasteiger partial charge on any atom is 0.238 e. The molecule has 1 fully saturated rings. The van der Waals surface area contributed by atoms with Crippen LogP contribution in [-0.2, 0) is 4.74 Å². The molecule has 1 saturated heterocycles. The first-order chi connectivity index (χ1) is 15.1. The highest BCUT2D eigenvalue weighted by Crippen LogP contribution is 2.42. The summed E-state index contributed by atoms with van der Waals surface area (Å²) in [5.41, 5.74) is -1.48. The van der Waals surface area contributed by atoms with Crippen LogP contribution in [0.4, 0.5) is 0 Å². The molecule has 12 heteroatoms. The van der Waals surface area contributed by atoms with Crippen LogP contribution < -0.4 is 10.2 Å². The number of phenolic OH excluding ortho intramolecular Hbond substituents is 4. The zero-order chi connectivity index (χ0) is 23.3. The molecular formula is C20H18O12. The highest BCUT2D eigenvalue weighted by molar-refractivity contribution is 5.88. The van der Waals surface area contributed by atoms with E-state index in [2.05, 4.69) is 0 Å². The molecule has 1 aliphatic heterocycles. The van der Waals surface area contributed by atoms with Gasteiger partial charge < -0.3 is 54.7 Å². The predicted molar refractivity (Wildman–Crippen MR) is 105 cm³/mol. The molecule has 2 heterocycles. The molecule has 4 unspecified atom stereocenters. The lowest BCUT2D eigenvalue weighted by Crippen LogP contribution is -2.35. The number of benzene rings is 2. The van der Waals surface area contributed by atoms with E-state index in [9.17, 15) is 40.5 Å². The fraction of sp³-hybridized carbons (Fsp3) is 0.250. The van der Waals surface area contributed by atoms with Crippen LogP contribution in [-0.4, -0.2) is 72.1 Å². The second-order valence-electron chi connectivity index (χ2n) is 7.11. The molecule has 0 aliphatic carbocycles. The number of aliphatic hydroxyl groups is 3. The normalized spacial score (nSPS) is 23.0. The molecular weight excluding hydrogens is 432 g/mol. The van der Waals surface area contributed by atoms with Gasteiger partial charge in [-0.15, -0.1) is 0 Å². The number of phenols is 4. The van der Waals surface area contributed by atoms with Crippen molar-refractivity contribution in [3.8, 4) is 45.8 Å². The average molecular weight is 450 g/mol. The minimum atomic E-state index is -1.52. The predicted octanol–water partition coefficient (Wildman–Crippen LogP) is -0.194. The number of rotatable bonds is 4. The summed E-state index contributed by atoms with van der Waals surface area (Å²) in [6.07, 6.45) is -5.45. The Morgan fingerprint density at radius 3 is 2.12 bits per heavy atom. The van der Waals surface area contributed by atoms with Crippen molar-refractivity contribution < 1.29 is 54.7 Å². The molecule has 0 radical (unpaired) electrons. The molecule has 0 saturated carbocycles. The Kier molecular flexibility index (Phi) is 5.22. The zero-order valence-corrected chi connectivity index (χ0v) is 16.0. The number of ether oxygens (including phenoxy) is 2. The second kappa shape index (κ2) is 7.76. The molecule has 12 nitrogen and oxygen atoms in total. The highest BCUT2D eigenvalue weighted by Gasteiger charge is 2.44. The first-order valence-corrected chi connectivity index (χ1v) is 9.19. The summed E-state index contributed by atoms with van der Waals surface area (Å²) in [5.74, 6) is -4.52. The summed E-state index contributed by atoms with van der Waals surface area (Å²) >= 11 is 0. The molecule has 4 atom stereocenters. The Labute approximate surface area is 178 Å². The lowest BCUT2D eigenvalue weighted by Gasteiger charge is -2.17. The van der Waals surface area contributed by atoms with Crippen LogP contribution in [0, 0.1) is 0 Å². The Hall–Kier alpha value is -3.71. The number of hydrogen-bond donors (Lipinski definition) is 8. The van der Waals surface area contributed by atoms with Crippen LogP contribution in [0.2, 0.25) is 0 Å². The quantitative estimate of drug-likeness (QED) is 0.243. The molecule has 170 valence electrons. The maximum absolute atomic E-state index is 12.6. The van der Waals surface area contributed by atoms with E-state index >= 15 is 0 Å². The standard InChI is InChI=1S/C20H18O12/c21-5-12-15(26)18(29)20(32-12)30-7-3-8(22)13-11(4-7)31-19(17(28)16(13)27)6-1-9(23)14(25)10(24)2-6/h1-4,12,15,18,20-26,28-29H,5H2. The van der Waals surface area contributed by atoms with Crippen LogP contribution in [0.1, 0.15) is 0 Å². The van der Waals surface area contributed by atoms with Crippen molar-refractivity contribution in [3.05, 3.63) is 34.5 Å². The Balaban J connectivity index is 1.80. The first kappa shape index (κ1) is 21.5. The van der Waals surface area contributed by atoms with Gasteiger partial charge in [0.05, 0.1) is 6.61 Å². The van der Waals surface area contributed by atoms with E-state index in [1.807, 2.05) is 0 Å². The Morgan fingerprint density at radius 1 is 0.875 bits per heavy atom. The number of hydrogen-bond acceptors (Lipinski definition) is 12. The van der Waals surface area contributed by atoms with E-state index < -0.39 is 76.5 Å². The van der Waals surface area contributed by atoms with E-state index in [0.29, 0.717) is 0 Å². The van der Waals surface area contributed by atoms with E-state index in [1.54, 1.807) is 0 Å². The molecule has 8 N–H and O–H groups in total. The van der Waals surface area contributed by atoms with Crippen molar-refractivity contribution in [3.63, 3.8) is 0 Å². The van der Waals surface area contributed by atoms with E-state index in [0.717, 1.165) is 24.3 Å². The minimum absolute atomic E-state index is 0.152. The van der Waals surface area contributed by atoms with Gasteiger partial charge in [-0.05, 0) is 12.1 Å². The van der Waals surface area contributed by atoms with Crippen LogP contribution in [0.3, 0.4) is 0 Å². The van der Waals surface area contributed by atoms with Gasteiger partial charge in [-0.1, -0.05) is 0 Å². The molecule has 4 rings (SSSR count). The molecule has 0 spiro atoms. The highest BCUT2D eigenvalue weighted by atomic mass is 16.7. The Morgan fingerprint density at radius 2 is 1.53 bits per heavy atom. The van der Waals surface area contributed by atoms with Crippen molar-refractivity contribution in [2.45, 2.75) is 24.6 Å². The molecule has 3 aromatic rings. The minimum Gasteiger partial charge on any atom is -0.507 e. The van der Waals surface area contributed by atoms with Gasteiger partial charge in [0.2, 0.25) is 17.5 Å². The van der Waals surface area contributed by atoms with Crippen LogP contribution in [0.25, 0.3) is 22.3 Å². The van der Waals surface area contributed by atoms with Gasteiger partial charge >= 0.3 is 0 Å². The number of fused-ring (bicyclic) bond motifs is 1. The third-order valence-corrected chi connectivity index (χ3v) is 5.01. The van der Waals surface area contributed by atoms with Crippen LogP contribution in [0.5, 0.6) is 34.5 Å². The van der Waals surface area contributed by atoms with Gasteiger partial charge in [0.25, 0.3) is 0 Å². The van der Waals surface area contributed by atoms with Crippen LogP contribution >= 0.6 is 0 Å². The molecule has 0 amide bonds. The van der Waals surface area contributed by atoms with Gasteiger partial charge in [0.1, 0.15) is 40.8 Å². The molecule has 1 aliphatic rings. The van der Waals surface area contributed by atoms with Gasteiger partial charge in [-0.2, -0.15) is 0 Å². The average Bonchev–Trinajstić information content (AvgIpc) is 3.01. The van der Waals surface area contributed by atoms with Crippen molar-refractivity contribution in [1.29, 1.82) is 0 Å². The Bertz CT molecular complexity index is 1230. The summed E-state index contributed by atoms with van der Waals surface area (Å²) < 4.78 is 16.1. The van der Waals surface area contributed by atoms with Crippen molar-refractivity contribution in [2.75, 3.05) is 6.61 Å². The summed E-state index contributed by atoms with van der Waals surface area (Å²) in [6.45, 7) is -0.578. The smallest absolute Gasteiger partial charge is 0.238 e. The summed E-state index contributed by atoms with van der Waals surface area (Å²) in [7, 11) is 0. The largest absolute Gasteiger partial charge is 0.507 e. The first-order valence-electron chi connectivity index (χ1n) is 9.19. The van der Waals surface area contributed by atoms with E-state index in [1.165, 1.54) is 0 Å². The monoisotopic (exact) mass is 450 g/mol. The fourth-order valence-corrected chi connectivity index (χ4v) is 3.36. The zero-order valence-electron chi connectivity index (χ0n) is 16.0. The number of aromatic hydroxyl groups is 5. The summed E-state index contributed by atoms with van der Waals surface area (Å²) in [6, 6.07) is 3.98. The SMILES string of the molecule is O=c1c(O)c(-c2cc(O)c(O)c(O)c2)oc2cc(OC3OC(CO)C(O)C3O)cc(O)c12. The van der Waals surface area contributed by atoms with Gasteiger partial charge in [0.15, 0.2) is 23.0 Å². The van der Waals surface area contributed by atoms with Gasteiger partial charge in [-0.25, -0.2) is 0 Å². The van der Waals surface area contributed by atoms with E-state index in [-0.39, 0.29) is 16.9 Å². The lowest BCUT2D eigenvalue weighted by atomic mass is 10.1. The maximum atomic E-state index is 12.6. The molecule has 2 aromatic carbocycles. The second-order valence-corrected chi connectivity index (χ2v) is 7.11. The van der Waals surface area contributed by atoms with Crippen LogP contribution in [0.15, 0.2) is 33.5 Å². The van der Waals surface area contributed by atoms with Gasteiger partial charge in [0, 0.05) is 17.7 Å². The lowest BCUT2D eigenvalue weighted by molar-refractivity contribution is -0.116. The van der Waals surface area contributed by atoms with Crippen molar-refractivity contribution in [1.82, 2.24) is 0 Å². The third-order valence-electron chi connectivity index (χ3n) is 5.01. The summed E-state index contributed by atoms with van der Waals surface area (Å²) in [4.78, 5) is 12.6. The molecule has 1 aromatic heterocycles. The number of aliphatic hydroxyl groups excluding tert-OH is 3. The van der Waals surface area contributed by atoms with Gasteiger partial charge in [-0.3, -0.25) is 4.79 Å². The molecule has 32 heavy (non-hydrogen) atoms. The van der Waals surface area contributed by atoms with Crippen molar-refractivity contribution in [2.24, 2.45) is 0 Å². The van der Waals surface area contributed by atoms with E-state index in [4.69, 9.17) is 19.0 Å². The third kappa shape index (κ3) is 3.40. The fourth-order valence-electron chi connectivity index (χ4n) is 3.36. The topological polar surface area (TPSA) is 211 Å². The summed E-state index contributed by atoms with van der Waals surface area (Å²) in [5, 5.41) is 78.0. The van der Waals surface area contributed by atoms with Crippen molar-refractivity contribution >= 4 is 11.0 Å². The molecule has 0 bridgehead atoms.